The highest BCUT2D eigenvalue weighted by atomic mass is 19.1. The van der Waals surface area contributed by atoms with Crippen molar-refractivity contribution in [3.63, 3.8) is 0 Å². The maximum Gasteiger partial charge on any atom is 0.225 e. The summed E-state index contributed by atoms with van der Waals surface area (Å²) >= 11 is 0. The van der Waals surface area contributed by atoms with Crippen LogP contribution in [0.3, 0.4) is 0 Å². The molecule has 88 valence electrons. The first kappa shape index (κ1) is 11.3. The topological polar surface area (TPSA) is 47.0 Å². The van der Waals surface area contributed by atoms with Crippen LogP contribution in [-0.2, 0) is 0 Å². The van der Waals surface area contributed by atoms with Gasteiger partial charge in [0.2, 0.25) is 11.8 Å². The van der Waals surface area contributed by atoms with E-state index in [0.29, 0.717) is 17.6 Å². The largest absolute Gasteiger partial charge is 0.439 e. The molecule has 0 aliphatic carbocycles. The zero-order chi connectivity index (χ0) is 12.3. The maximum atomic E-state index is 12.9. The Kier molecular flexibility index (Phi) is 3.18. The Morgan fingerprint density at radius 1 is 1.29 bits per heavy atom. The summed E-state index contributed by atoms with van der Waals surface area (Å²) in [5.41, 5.74) is 0.717. The van der Waals surface area contributed by atoms with Gasteiger partial charge in [-0.05, 0) is 30.7 Å². The Hall–Kier alpha value is -2.17. The van der Waals surface area contributed by atoms with Crippen molar-refractivity contribution in [2.24, 2.45) is 0 Å². The number of nitrogens with zero attached hydrogens (tertiary/aromatic N) is 2. The number of ether oxygens (including phenoxy) is 1. The average Bonchev–Trinajstić information content (AvgIpc) is 2.33. The van der Waals surface area contributed by atoms with Crippen LogP contribution in [0.5, 0.6) is 11.6 Å². The number of nitrogens with one attached hydrogen (secondary N) is 1. The van der Waals surface area contributed by atoms with E-state index < -0.39 is 0 Å². The number of halogens is 1. The van der Waals surface area contributed by atoms with Crippen LogP contribution in [0.4, 0.5) is 10.3 Å². The summed E-state index contributed by atoms with van der Waals surface area (Å²) in [7, 11) is 1.72. The Morgan fingerprint density at radius 3 is 2.82 bits per heavy atom. The van der Waals surface area contributed by atoms with Crippen LogP contribution < -0.4 is 10.1 Å². The minimum absolute atomic E-state index is 0.284. The Bertz CT molecular complexity index is 531. The number of anilines is 1. The third-order valence-corrected chi connectivity index (χ3v) is 2.21. The number of aromatic nitrogens is 2. The molecule has 0 spiro atoms. The lowest BCUT2D eigenvalue weighted by molar-refractivity contribution is 0.457. The molecule has 0 saturated heterocycles. The molecule has 0 amide bonds. The van der Waals surface area contributed by atoms with E-state index in [4.69, 9.17) is 4.74 Å². The minimum atomic E-state index is -0.284. The van der Waals surface area contributed by atoms with Crippen molar-refractivity contribution in [3.05, 3.63) is 41.8 Å². The average molecular weight is 233 g/mol. The Morgan fingerprint density at radius 2 is 2.12 bits per heavy atom. The van der Waals surface area contributed by atoms with Crippen LogP contribution >= 0.6 is 0 Å². The molecule has 1 aromatic heterocycles. The van der Waals surface area contributed by atoms with Gasteiger partial charge in [0, 0.05) is 19.3 Å². The van der Waals surface area contributed by atoms with Gasteiger partial charge in [0.1, 0.15) is 11.6 Å². The monoisotopic (exact) mass is 233 g/mol. The number of aryl methyl sites for hydroxylation is 1. The highest BCUT2D eigenvalue weighted by Crippen LogP contribution is 2.24. The molecule has 0 fully saturated rings. The second-order valence-corrected chi connectivity index (χ2v) is 3.48. The van der Waals surface area contributed by atoms with Crippen molar-refractivity contribution in [2.45, 2.75) is 6.92 Å². The Balaban J connectivity index is 2.25. The van der Waals surface area contributed by atoms with Gasteiger partial charge in [-0.2, -0.15) is 4.98 Å². The molecule has 17 heavy (non-hydrogen) atoms. The van der Waals surface area contributed by atoms with Gasteiger partial charge in [-0.25, -0.2) is 9.37 Å². The third kappa shape index (κ3) is 2.69. The third-order valence-electron chi connectivity index (χ3n) is 2.21. The van der Waals surface area contributed by atoms with Crippen molar-refractivity contribution in [1.82, 2.24) is 9.97 Å². The Labute approximate surface area is 98.5 Å². The van der Waals surface area contributed by atoms with Crippen LogP contribution in [0, 0.1) is 12.7 Å². The van der Waals surface area contributed by atoms with E-state index in [1.165, 1.54) is 12.1 Å². The zero-order valence-corrected chi connectivity index (χ0v) is 9.57. The number of rotatable bonds is 3. The van der Waals surface area contributed by atoms with Crippen molar-refractivity contribution < 1.29 is 9.13 Å². The van der Waals surface area contributed by atoms with Crippen LogP contribution in [0.25, 0.3) is 0 Å². The first-order chi connectivity index (χ1) is 8.19. The molecule has 0 saturated carbocycles. The molecule has 0 atom stereocenters. The van der Waals surface area contributed by atoms with Crippen molar-refractivity contribution in [2.75, 3.05) is 12.4 Å². The van der Waals surface area contributed by atoms with E-state index in [-0.39, 0.29) is 5.82 Å². The lowest BCUT2D eigenvalue weighted by Crippen LogP contribution is -1.97. The molecule has 0 aliphatic heterocycles. The highest BCUT2D eigenvalue weighted by Gasteiger charge is 2.04. The van der Waals surface area contributed by atoms with E-state index in [2.05, 4.69) is 15.3 Å². The number of hydrogen-bond acceptors (Lipinski definition) is 4. The van der Waals surface area contributed by atoms with Gasteiger partial charge >= 0.3 is 0 Å². The molecule has 0 bridgehead atoms. The van der Waals surface area contributed by atoms with E-state index in [9.17, 15) is 4.39 Å². The summed E-state index contributed by atoms with van der Waals surface area (Å²) in [6, 6.07) is 5.98. The summed E-state index contributed by atoms with van der Waals surface area (Å²) in [5, 5.41) is 2.81. The van der Waals surface area contributed by atoms with Gasteiger partial charge in [-0.1, -0.05) is 0 Å². The molecular weight excluding hydrogens is 221 g/mol. The molecule has 1 heterocycles. The molecule has 0 aliphatic rings. The highest BCUT2D eigenvalue weighted by molar-refractivity contribution is 5.36. The summed E-state index contributed by atoms with van der Waals surface area (Å²) in [5.74, 6) is 1.18. The van der Waals surface area contributed by atoms with Crippen LogP contribution in [-0.4, -0.2) is 17.0 Å². The van der Waals surface area contributed by atoms with Crippen molar-refractivity contribution in [1.29, 1.82) is 0 Å². The molecule has 0 radical (unpaired) electrons. The summed E-state index contributed by atoms with van der Waals surface area (Å²) in [6.07, 6.45) is 1.59. The molecule has 5 heteroatoms. The lowest BCUT2D eigenvalue weighted by Gasteiger charge is -2.08. The van der Waals surface area contributed by atoms with E-state index in [1.807, 2.05) is 0 Å². The van der Waals surface area contributed by atoms with Gasteiger partial charge in [0.05, 0.1) is 0 Å². The standard InChI is InChI=1S/C12H12FN3O/c1-8-7-9(13)3-4-10(8)17-11-5-6-15-12(14-2)16-11/h3-7H,1-2H3,(H,14,15,16). The fourth-order valence-electron chi connectivity index (χ4n) is 1.36. The molecule has 2 aromatic rings. The smallest absolute Gasteiger partial charge is 0.225 e. The molecule has 1 N–H and O–H groups in total. The van der Waals surface area contributed by atoms with Gasteiger partial charge in [-0.15, -0.1) is 0 Å². The second kappa shape index (κ2) is 4.78. The van der Waals surface area contributed by atoms with Gasteiger partial charge in [0.25, 0.3) is 0 Å². The molecule has 4 nitrogen and oxygen atoms in total. The quantitative estimate of drug-likeness (QED) is 0.885. The van der Waals surface area contributed by atoms with Crippen LogP contribution in [0.2, 0.25) is 0 Å². The first-order valence-corrected chi connectivity index (χ1v) is 5.14. The summed E-state index contributed by atoms with van der Waals surface area (Å²) in [4.78, 5) is 8.09. The fraction of sp³-hybridized carbons (Fsp3) is 0.167. The van der Waals surface area contributed by atoms with E-state index in [1.54, 1.807) is 32.3 Å². The molecular formula is C12H12FN3O. The van der Waals surface area contributed by atoms with Gasteiger partial charge in [0.15, 0.2) is 0 Å². The summed E-state index contributed by atoms with van der Waals surface area (Å²) in [6.45, 7) is 1.78. The predicted octanol–water partition coefficient (Wildman–Crippen LogP) is 2.76. The molecule has 0 unspecified atom stereocenters. The second-order valence-electron chi connectivity index (χ2n) is 3.48. The van der Waals surface area contributed by atoms with Crippen molar-refractivity contribution >= 4 is 5.95 Å². The van der Waals surface area contributed by atoms with Gasteiger partial charge in [-0.3, -0.25) is 0 Å². The number of hydrogen-bond donors (Lipinski definition) is 1. The molecule has 2 rings (SSSR count). The minimum Gasteiger partial charge on any atom is -0.439 e. The van der Waals surface area contributed by atoms with Crippen LogP contribution in [0.15, 0.2) is 30.5 Å². The van der Waals surface area contributed by atoms with E-state index in [0.717, 1.165) is 5.56 Å². The molecule has 1 aromatic carbocycles. The first-order valence-electron chi connectivity index (χ1n) is 5.14. The lowest BCUT2D eigenvalue weighted by atomic mass is 10.2. The van der Waals surface area contributed by atoms with Crippen LogP contribution in [0.1, 0.15) is 5.56 Å². The maximum absolute atomic E-state index is 12.9. The normalized spacial score (nSPS) is 10.1. The fourth-order valence-corrected chi connectivity index (χ4v) is 1.36. The number of benzene rings is 1. The van der Waals surface area contributed by atoms with Gasteiger partial charge < -0.3 is 10.1 Å². The summed E-state index contributed by atoms with van der Waals surface area (Å²) < 4.78 is 18.5. The predicted molar refractivity (Wildman–Crippen MR) is 62.8 cm³/mol. The SMILES string of the molecule is CNc1nccc(Oc2ccc(F)cc2C)n1. The van der Waals surface area contributed by atoms with E-state index >= 15 is 0 Å². The zero-order valence-electron chi connectivity index (χ0n) is 9.57. The van der Waals surface area contributed by atoms with Crippen molar-refractivity contribution in [3.8, 4) is 11.6 Å².